The van der Waals surface area contributed by atoms with Crippen molar-refractivity contribution >= 4 is 25.2 Å². The van der Waals surface area contributed by atoms with Crippen LogP contribution in [0.3, 0.4) is 0 Å². The number of hydrogen-bond acceptors (Lipinski definition) is 5. The van der Waals surface area contributed by atoms with E-state index < -0.39 is 43.3 Å². The first-order chi connectivity index (χ1) is 9.44. The van der Waals surface area contributed by atoms with E-state index in [-0.39, 0.29) is 12.6 Å². The summed E-state index contributed by atoms with van der Waals surface area (Å²) < 4.78 is 11.1. The summed E-state index contributed by atoms with van der Waals surface area (Å²) in [5.74, 6) is -2.50. The van der Waals surface area contributed by atoms with Gasteiger partial charge in [0.15, 0.2) is 7.37 Å². The van der Waals surface area contributed by atoms with Gasteiger partial charge < -0.3 is 26.4 Å². The second-order valence-corrected chi connectivity index (χ2v) is 7.52. The van der Waals surface area contributed by atoms with Crippen LogP contribution < -0.4 is 16.4 Å². The maximum absolute atomic E-state index is 11.7. The fourth-order valence-electron chi connectivity index (χ4n) is 1.30. The topological polar surface area (TPSA) is 159 Å². The van der Waals surface area contributed by atoms with Gasteiger partial charge in [0.25, 0.3) is 0 Å². The number of nitrogens with two attached hydrogens (primary N) is 1. The highest BCUT2D eigenvalue weighted by Crippen LogP contribution is 2.35. The number of carboxylic acids is 1. The van der Waals surface area contributed by atoms with Gasteiger partial charge in [-0.2, -0.15) is 0 Å². The molecule has 0 aliphatic heterocycles. The molecule has 6 N–H and O–H groups in total. The lowest BCUT2D eigenvalue weighted by atomic mass is 10.2. The number of nitrogens with one attached hydrogen (secondary N) is 2. The van der Waals surface area contributed by atoms with Crippen LogP contribution in [-0.4, -0.2) is 58.7 Å². The van der Waals surface area contributed by atoms with E-state index >= 15 is 0 Å². The molecule has 9 nitrogen and oxygen atoms in total. The van der Waals surface area contributed by atoms with Crippen molar-refractivity contribution in [3.63, 3.8) is 0 Å². The molecule has 0 aromatic rings. The molecule has 2 unspecified atom stereocenters. The summed E-state index contributed by atoms with van der Waals surface area (Å²) in [5, 5.41) is 13.2. The highest BCUT2D eigenvalue weighted by Gasteiger charge is 2.23. The molecule has 0 saturated carbocycles. The molecule has 0 saturated heterocycles. The van der Waals surface area contributed by atoms with Crippen molar-refractivity contribution < 1.29 is 28.9 Å². The van der Waals surface area contributed by atoms with Crippen LogP contribution in [0.1, 0.15) is 20.3 Å². The largest absolute Gasteiger partial charge is 0.480 e. The Labute approximate surface area is 122 Å². The molecule has 0 aromatic heterocycles. The summed E-state index contributed by atoms with van der Waals surface area (Å²) in [6, 6.07) is -3.06. The standard InChI is InChI=1S/C11H22N3O6P/c1-6(9(15)14-7(2)11(17)18)13-10(16)8(12)4-5-21(3,19)20/h6-8H,4-5,12H2,1-3H3,(H,13,16)(H,14,15)(H,17,18)(H,19,20)/t6-,7-,8?/m0/s1. The molecule has 0 aromatic carbocycles. The summed E-state index contributed by atoms with van der Waals surface area (Å²) in [7, 11) is -3.25. The van der Waals surface area contributed by atoms with E-state index in [1.54, 1.807) is 0 Å². The van der Waals surface area contributed by atoms with E-state index in [2.05, 4.69) is 10.6 Å². The van der Waals surface area contributed by atoms with Gasteiger partial charge in [0, 0.05) is 12.8 Å². The molecule has 0 fully saturated rings. The summed E-state index contributed by atoms with van der Waals surface area (Å²) in [6.07, 6.45) is -0.0891. The van der Waals surface area contributed by atoms with Crippen molar-refractivity contribution in [2.24, 2.45) is 5.73 Å². The monoisotopic (exact) mass is 323 g/mol. The molecular weight excluding hydrogens is 301 g/mol. The Morgan fingerprint density at radius 2 is 1.62 bits per heavy atom. The predicted molar refractivity (Wildman–Crippen MR) is 76.1 cm³/mol. The SMILES string of the molecule is C[C@H](NC(=O)[C@H](C)NC(=O)C(N)CCP(C)(=O)O)C(=O)O. The third kappa shape index (κ3) is 8.44. The van der Waals surface area contributed by atoms with Gasteiger partial charge in [0.05, 0.1) is 6.04 Å². The van der Waals surface area contributed by atoms with Gasteiger partial charge in [-0.3, -0.25) is 18.9 Å². The summed E-state index contributed by atoms with van der Waals surface area (Å²) in [6.45, 7) is 3.84. The van der Waals surface area contributed by atoms with Gasteiger partial charge in [-0.15, -0.1) is 0 Å². The van der Waals surface area contributed by atoms with E-state index in [1.807, 2.05) is 0 Å². The molecular formula is C11H22N3O6P. The summed E-state index contributed by atoms with van der Waals surface area (Å²) in [5.41, 5.74) is 5.55. The zero-order chi connectivity index (χ0) is 16.8. The highest BCUT2D eigenvalue weighted by atomic mass is 31.2. The van der Waals surface area contributed by atoms with Crippen LogP contribution in [0.15, 0.2) is 0 Å². The van der Waals surface area contributed by atoms with Crippen LogP contribution >= 0.6 is 7.37 Å². The zero-order valence-corrected chi connectivity index (χ0v) is 13.1. The van der Waals surface area contributed by atoms with E-state index in [9.17, 15) is 18.9 Å². The second kappa shape index (κ2) is 8.11. The molecule has 10 heteroatoms. The first-order valence-electron chi connectivity index (χ1n) is 6.32. The molecule has 122 valence electrons. The predicted octanol–water partition coefficient (Wildman–Crippen LogP) is -1.30. The number of aliphatic carboxylic acids is 1. The molecule has 0 heterocycles. The average molecular weight is 323 g/mol. The Hall–Kier alpha value is -1.44. The number of carbonyl (C=O) groups is 3. The van der Waals surface area contributed by atoms with Crippen molar-refractivity contribution in [3.8, 4) is 0 Å². The van der Waals surface area contributed by atoms with Crippen molar-refractivity contribution in [1.29, 1.82) is 0 Å². The maximum Gasteiger partial charge on any atom is 0.325 e. The smallest absolute Gasteiger partial charge is 0.325 e. The van der Waals surface area contributed by atoms with Crippen LogP contribution in [0.2, 0.25) is 0 Å². The summed E-state index contributed by atoms with van der Waals surface area (Å²) in [4.78, 5) is 43.0. The first kappa shape index (κ1) is 19.6. The van der Waals surface area contributed by atoms with Crippen molar-refractivity contribution in [1.82, 2.24) is 10.6 Å². The molecule has 0 aliphatic rings. The minimum Gasteiger partial charge on any atom is -0.480 e. The van der Waals surface area contributed by atoms with Gasteiger partial charge in [0.2, 0.25) is 11.8 Å². The van der Waals surface area contributed by atoms with Crippen LogP contribution in [0.4, 0.5) is 0 Å². The lowest BCUT2D eigenvalue weighted by molar-refractivity contribution is -0.141. The normalized spacial score (nSPS) is 18.0. The molecule has 4 atom stereocenters. The minimum atomic E-state index is -3.25. The van der Waals surface area contributed by atoms with Crippen LogP contribution in [0.25, 0.3) is 0 Å². The van der Waals surface area contributed by atoms with Gasteiger partial charge in [-0.25, -0.2) is 0 Å². The molecule has 2 amide bonds. The van der Waals surface area contributed by atoms with Gasteiger partial charge >= 0.3 is 5.97 Å². The number of hydrogen-bond donors (Lipinski definition) is 5. The third-order valence-corrected chi connectivity index (χ3v) is 3.76. The lowest BCUT2D eigenvalue weighted by Gasteiger charge is -2.19. The fourth-order valence-corrected chi connectivity index (χ4v) is 2.05. The number of amides is 2. The number of rotatable bonds is 8. The molecule has 0 radical (unpaired) electrons. The van der Waals surface area contributed by atoms with Gasteiger partial charge in [0.1, 0.15) is 12.1 Å². The molecule has 0 aliphatic carbocycles. The Kier molecular flexibility index (Phi) is 7.56. The zero-order valence-electron chi connectivity index (χ0n) is 12.2. The Bertz CT molecular complexity index is 449. The molecule has 21 heavy (non-hydrogen) atoms. The van der Waals surface area contributed by atoms with Crippen LogP contribution in [-0.2, 0) is 18.9 Å². The Balaban J connectivity index is 4.33. The third-order valence-electron chi connectivity index (χ3n) is 2.67. The number of carbonyl (C=O) groups excluding carboxylic acids is 2. The molecule has 0 rings (SSSR count). The number of carboxylic acid groups (broad SMARTS) is 1. The van der Waals surface area contributed by atoms with E-state index in [1.165, 1.54) is 20.5 Å². The average Bonchev–Trinajstić information content (AvgIpc) is 2.34. The maximum atomic E-state index is 11.7. The van der Waals surface area contributed by atoms with Crippen LogP contribution in [0, 0.1) is 0 Å². The first-order valence-corrected chi connectivity index (χ1v) is 8.61. The Morgan fingerprint density at radius 1 is 1.14 bits per heavy atom. The van der Waals surface area contributed by atoms with E-state index in [0.717, 1.165) is 0 Å². The second-order valence-electron chi connectivity index (χ2n) is 4.97. The van der Waals surface area contributed by atoms with Crippen molar-refractivity contribution in [2.45, 2.75) is 38.4 Å². The van der Waals surface area contributed by atoms with Crippen molar-refractivity contribution in [3.05, 3.63) is 0 Å². The van der Waals surface area contributed by atoms with Crippen molar-refractivity contribution in [2.75, 3.05) is 12.8 Å². The minimum absolute atomic E-state index is 0.00990. The Morgan fingerprint density at radius 3 is 2.05 bits per heavy atom. The molecule has 0 spiro atoms. The lowest BCUT2D eigenvalue weighted by Crippen LogP contribution is -2.52. The fraction of sp³-hybridized carbons (Fsp3) is 0.727. The highest BCUT2D eigenvalue weighted by molar-refractivity contribution is 7.57. The van der Waals surface area contributed by atoms with E-state index in [0.29, 0.717) is 0 Å². The van der Waals surface area contributed by atoms with Gasteiger partial charge in [-0.1, -0.05) is 0 Å². The van der Waals surface area contributed by atoms with Crippen LogP contribution in [0.5, 0.6) is 0 Å². The summed E-state index contributed by atoms with van der Waals surface area (Å²) >= 11 is 0. The quantitative estimate of drug-likeness (QED) is 0.347. The van der Waals surface area contributed by atoms with E-state index in [4.69, 9.17) is 15.7 Å². The van der Waals surface area contributed by atoms with Gasteiger partial charge in [-0.05, 0) is 20.3 Å². The molecule has 0 bridgehead atoms.